The lowest BCUT2D eigenvalue weighted by Gasteiger charge is -2.33. The lowest BCUT2D eigenvalue weighted by molar-refractivity contribution is 0.0185. The van der Waals surface area contributed by atoms with E-state index < -0.39 is 5.60 Å². The van der Waals surface area contributed by atoms with Crippen LogP contribution in [0.2, 0.25) is 0 Å². The molecule has 3 N–H and O–H groups in total. The Hall–Kier alpha value is -1.91. The molecule has 0 atom stereocenters. The lowest BCUT2D eigenvalue weighted by atomic mass is 9.97. The zero-order valence-electron chi connectivity index (χ0n) is 18.6. The lowest BCUT2D eigenvalue weighted by Crippen LogP contribution is -2.44. The Morgan fingerprint density at radius 3 is 2.40 bits per heavy atom. The van der Waals surface area contributed by atoms with Gasteiger partial charge >= 0.3 is 6.09 Å². The van der Waals surface area contributed by atoms with Crippen LogP contribution in [-0.2, 0) is 11.3 Å². The minimum absolute atomic E-state index is 0. The second-order valence-electron chi connectivity index (χ2n) is 8.18. The van der Waals surface area contributed by atoms with Crippen LogP contribution < -0.4 is 20.5 Å². The molecule has 1 heterocycles. The minimum Gasteiger partial charge on any atom is -0.493 e. The van der Waals surface area contributed by atoms with Gasteiger partial charge < -0.3 is 30.2 Å². The fourth-order valence-corrected chi connectivity index (χ4v) is 3.11. The van der Waals surface area contributed by atoms with Gasteiger partial charge in [0.05, 0.1) is 20.8 Å². The van der Waals surface area contributed by atoms with E-state index in [0.29, 0.717) is 43.0 Å². The summed E-state index contributed by atoms with van der Waals surface area (Å²) in [4.78, 5) is 18.3. The Kier molecular flexibility index (Phi) is 10.5. The normalized spacial score (nSPS) is 15.2. The van der Waals surface area contributed by atoms with Gasteiger partial charge in [-0.25, -0.2) is 9.79 Å². The summed E-state index contributed by atoms with van der Waals surface area (Å²) in [5, 5.41) is 3.19. The highest BCUT2D eigenvalue weighted by Crippen LogP contribution is 2.27. The number of hydrogen-bond donors (Lipinski definition) is 2. The number of amides is 1. The van der Waals surface area contributed by atoms with Crippen LogP contribution >= 0.6 is 24.0 Å². The van der Waals surface area contributed by atoms with E-state index in [2.05, 4.69) is 10.3 Å². The molecular formula is C21H35IN4O4. The molecule has 0 aromatic heterocycles. The number of nitrogens with zero attached hydrogens (tertiary/aromatic N) is 2. The summed E-state index contributed by atoms with van der Waals surface area (Å²) < 4.78 is 16.0. The van der Waals surface area contributed by atoms with Crippen LogP contribution in [0, 0.1) is 5.92 Å². The number of rotatable bonds is 6. The Morgan fingerprint density at radius 2 is 1.83 bits per heavy atom. The van der Waals surface area contributed by atoms with Crippen molar-refractivity contribution in [3.63, 3.8) is 0 Å². The first-order chi connectivity index (χ1) is 13.7. The van der Waals surface area contributed by atoms with E-state index in [1.165, 1.54) is 0 Å². The van der Waals surface area contributed by atoms with E-state index in [-0.39, 0.29) is 30.1 Å². The van der Waals surface area contributed by atoms with Gasteiger partial charge in [-0.3, -0.25) is 0 Å². The number of nitrogens with two attached hydrogens (primary N) is 1. The first-order valence-electron chi connectivity index (χ1n) is 9.94. The molecule has 1 fully saturated rings. The maximum Gasteiger partial charge on any atom is 0.410 e. The fraction of sp³-hybridized carbons (Fsp3) is 0.619. The van der Waals surface area contributed by atoms with Crippen LogP contribution in [-0.4, -0.2) is 56.4 Å². The summed E-state index contributed by atoms with van der Waals surface area (Å²) in [5.74, 6) is 2.21. The van der Waals surface area contributed by atoms with Gasteiger partial charge in [-0.2, -0.15) is 0 Å². The van der Waals surface area contributed by atoms with Crippen molar-refractivity contribution in [2.24, 2.45) is 16.6 Å². The molecule has 0 radical (unpaired) electrons. The molecule has 1 aliphatic heterocycles. The molecule has 0 aliphatic carbocycles. The SMILES string of the molecule is COc1ccc(CN=C(N)NCC2CCN(C(=O)OC(C)(C)C)CC2)cc1OC.I. The van der Waals surface area contributed by atoms with Gasteiger partial charge in [-0.15, -0.1) is 24.0 Å². The van der Waals surface area contributed by atoms with Gasteiger partial charge in [0.25, 0.3) is 0 Å². The smallest absolute Gasteiger partial charge is 0.410 e. The second kappa shape index (κ2) is 12.1. The number of methoxy groups -OCH3 is 2. The molecule has 2 rings (SSSR count). The van der Waals surface area contributed by atoms with Crippen molar-refractivity contribution in [1.29, 1.82) is 0 Å². The predicted octanol–water partition coefficient (Wildman–Crippen LogP) is 3.37. The van der Waals surface area contributed by atoms with Crippen LogP contribution in [0.4, 0.5) is 4.79 Å². The number of carbonyl (C=O) groups excluding carboxylic acids is 1. The van der Waals surface area contributed by atoms with E-state index in [4.69, 9.17) is 19.9 Å². The monoisotopic (exact) mass is 534 g/mol. The molecule has 0 saturated carbocycles. The number of likely N-dealkylation sites (tertiary alicyclic amines) is 1. The summed E-state index contributed by atoms with van der Waals surface area (Å²) in [6.45, 7) is 8.23. The van der Waals surface area contributed by atoms with E-state index >= 15 is 0 Å². The van der Waals surface area contributed by atoms with Gasteiger partial charge in [0, 0.05) is 19.6 Å². The van der Waals surface area contributed by atoms with Crippen LogP contribution in [0.1, 0.15) is 39.2 Å². The molecule has 1 aromatic carbocycles. The zero-order chi connectivity index (χ0) is 21.4. The number of carbonyl (C=O) groups is 1. The van der Waals surface area contributed by atoms with E-state index in [1.807, 2.05) is 39.0 Å². The maximum absolute atomic E-state index is 12.1. The summed E-state index contributed by atoms with van der Waals surface area (Å²) >= 11 is 0. The number of nitrogens with one attached hydrogen (secondary N) is 1. The number of benzene rings is 1. The Morgan fingerprint density at radius 1 is 1.20 bits per heavy atom. The molecule has 8 nitrogen and oxygen atoms in total. The number of ether oxygens (including phenoxy) is 3. The van der Waals surface area contributed by atoms with Crippen molar-refractivity contribution in [3.8, 4) is 11.5 Å². The summed E-state index contributed by atoms with van der Waals surface area (Å²) in [6, 6.07) is 5.68. The third-order valence-corrected chi connectivity index (χ3v) is 4.72. The molecule has 1 saturated heterocycles. The van der Waals surface area contributed by atoms with Gasteiger partial charge in [-0.1, -0.05) is 6.07 Å². The first kappa shape index (κ1) is 26.1. The Bertz CT molecular complexity index is 713. The Balaban J connectivity index is 0.00000450. The molecule has 1 amide bonds. The maximum atomic E-state index is 12.1. The number of piperidine rings is 1. The van der Waals surface area contributed by atoms with E-state index in [0.717, 1.165) is 24.9 Å². The van der Waals surface area contributed by atoms with Crippen LogP contribution in [0.25, 0.3) is 0 Å². The average molecular weight is 534 g/mol. The quantitative estimate of drug-likeness (QED) is 0.330. The molecule has 170 valence electrons. The predicted molar refractivity (Wildman–Crippen MR) is 129 cm³/mol. The second-order valence-corrected chi connectivity index (χ2v) is 8.18. The molecular weight excluding hydrogens is 499 g/mol. The van der Waals surface area contributed by atoms with Gasteiger partial charge in [0.2, 0.25) is 0 Å². The minimum atomic E-state index is -0.464. The third-order valence-electron chi connectivity index (χ3n) is 4.72. The van der Waals surface area contributed by atoms with Crippen molar-refractivity contribution in [3.05, 3.63) is 23.8 Å². The van der Waals surface area contributed by atoms with Gasteiger partial charge in [-0.05, 0) is 57.2 Å². The molecule has 0 unspecified atom stereocenters. The first-order valence-corrected chi connectivity index (χ1v) is 9.94. The van der Waals surface area contributed by atoms with Crippen LogP contribution in [0.15, 0.2) is 23.2 Å². The molecule has 0 spiro atoms. The molecule has 9 heteroatoms. The highest BCUT2D eigenvalue weighted by molar-refractivity contribution is 14.0. The van der Waals surface area contributed by atoms with Crippen molar-refractivity contribution in [1.82, 2.24) is 10.2 Å². The summed E-state index contributed by atoms with van der Waals surface area (Å²) in [7, 11) is 3.21. The van der Waals surface area contributed by atoms with E-state index in [9.17, 15) is 4.79 Å². The topological polar surface area (TPSA) is 98.4 Å². The fourth-order valence-electron chi connectivity index (χ4n) is 3.11. The van der Waals surface area contributed by atoms with Crippen molar-refractivity contribution < 1.29 is 19.0 Å². The largest absolute Gasteiger partial charge is 0.493 e. The number of halogens is 1. The highest BCUT2D eigenvalue weighted by atomic mass is 127. The zero-order valence-corrected chi connectivity index (χ0v) is 20.9. The summed E-state index contributed by atoms with van der Waals surface area (Å²) in [5.41, 5.74) is 6.53. The summed E-state index contributed by atoms with van der Waals surface area (Å²) in [6.07, 6.45) is 1.59. The molecule has 1 aromatic rings. The van der Waals surface area contributed by atoms with Crippen LogP contribution in [0.3, 0.4) is 0 Å². The molecule has 30 heavy (non-hydrogen) atoms. The van der Waals surface area contributed by atoms with Crippen molar-refractivity contribution in [2.75, 3.05) is 33.9 Å². The molecule has 0 bridgehead atoms. The van der Waals surface area contributed by atoms with Crippen molar-refractivity contribution in [2.45, 2.75) is 45.8 Å². The third kappa shape index (κ3) is 8.45. The molecule has 1 aliphatic rings. The van der Waals surface area contributed by atoms with Gasteiger partial charge in [0.15, 0.2) is 17.5 Å². The number of aliphatic imine (C=N–C) groups is 1. The van der Waals surface area contributed by atoms with E-state index in [1.54, 1.807) is 19.1 Å². The van der Waals surface area contributed by atoms with Crippen molar-refractivity contribution >= 4 is 36.0 Å². The van der Waals surface area contributed by atoms with Crippen LogP contribution in [0.5, 0.6) is 11.5 Å². The Labute approximate surface area is 196 Å². The number of guanidine groups is 1. The van der Waals surface area contributed by atoms with Gasteiger partial charge in [0.1, 0.15) is 5.60 Å². The standard InChI is InChI=1S/C21H34N4O4.HI/c1-21(2,3)29-20(26)25-10-8-15(9-11-25)13-23-19(22)24-14-16-6-7-17(27-4)18(12-16)28-5;/h6-7,12,15H,8-11,13-14H2,1-5H3,(H3,22,23,24);1H. The highest BCUT2D eigenvalue weighted by Gasteiger charge is 2.26. The average Bonchev–Trinajstić information content (AvgIpc) is 2.69. The number of hydrogen-bond acceptors (Lipinski definition) is 5.